The van der Waals surface area contributed by atoms with E-state index in [2.05, 4.69) is 25.3 Å². The maximum Gasteiger partial charge on any atom is 0.236 e. The van der Waals surface area contributed by atoms with E-state index in [0.717, 1.165) is 0 Å². The van der Waals surface area contributed by atoms with Gasteiger partial charge in [0, 0.05) is 0 Å². The van der Waals surface area contributed by atoms with Gasteiger partial charge in [0.1, 0.15) is 5.92 Å². The number of hydrogen-bond donors (Lipinski definition) is 3. The van der Waals surface area contributed by atoms with Crippen LogP contribution < -0.4 is 5.73 Å². The molecule has 0 aliphatic rings. The van der Waals surface area contributed by atoms with Gasteiger partial charge in [-0.15, -0.1) is 0 Å². The van der Waals surface area contributed by atoms with Gasteiger partial charge in [-0.3, -0.25) is 4.79 Å². The maximum atomic E-state index is 10.3. The minimum absolute atomic E-state index is 0.590. The highest BCUT2D eigenvalue weighted by molar-refractivity contribution is 7.99. The Hall–Kier alpha value is -0.340. The molecule has 0 aromatic carbocycles. The molecule has 0 saturated carbocycles. The summed E-state index contributed by atoms with van der Waals surface area (Å²) in [6.07, 6.45) is 0. The number of rotatable bonds is 2. The van der Waals surface area contributed by atoms with Crippen molar-refractivity contribution >= 4 is 31.2 Å². The second kappa shape index (κ2) is 3.64. The van der Waals surface area contributed by atoms with Gasteiger partial charge in [-0.25, -0.2) is 0 Å². The van der Waals surface area contributed by atoms with Crippen LogP contribution in [-0.4, -0.2) is 10.5 Å². The lowest BCUT2D eigenvalue weighted by molar-refractivity contribution is -0.119. The molecule has 0 aromatic heterocycles. The first kappa shape index (κ1) is 8.66. The molecule has 0 radical (unpaired) electrons. The van der Waals surface area contributed by atoms with Crippen LogP contribution in [0.2, 0.25) is 0 Å². The Balaban J connectivity index is 4.04. The summed E-state index contributed by atoms with van der Waals surface area (Å²) in [5, 5.41) is 8.22. The first-order valence-electron chi connectivity index (χ1n) is 2.14. The molecular weight excluding hydrogens is 156 g/mol. The van der Waals surface area contributed by atoms with Crippen LogP contribution in [0, 0.1) is 17.2 Å². The molecule has 1 amide bonds. The summed E-state index contributed by atoms with van der Waals surface area (Å²) in [5.41, 5.74) is 4.79. The zero-order chi connectivity index (χ0) is 7.44. The summed E-state index contributed by atoms with van der Waals surface area (Å²) in [4.78, 5) is 10.3. The van der Waals surface area contributed by atoms with E-state index in [1.807, 2.05) is 0 Å². The van der Waals surface area contributed by atoms with Crippen molar-refractivity contribution in [1.82, 2.24) is 0 Å². The number of nitrogens with zero attached hydrogens (tertiary/aromatic N) is 1. The molecule has 9 heavy (non-hydrogen) atoms. The standard InChI is InChI=1S/C4H6N2OS2/c5-1-2(3(6)7)4(8)9/h2,4,8-9H,(H2,6,7). The molecule has 0 saturated heterocycles. The minimum atomic E-state index is -0.906. The van der Waals surface area contributed by atoms with Crippen LogP contribution in [0.25, 0.3) is 0 Å². The number of nitriles is 1. The number of primary amides is 1. The summed E-state index contributed by atoms with van der Waals surface area (Å²) in [7, 11) is 0. The second-order valence-electron chi connectivity index (χ2n) is 1.42. The van der Waals surface area contributed by atoms with Crippen molar-refractivity contribution in [1.29, 1.82) is 5.26 Å². The van der Waals surface area contributed by atoms with Gasteiger partial charge < -0.3 is 5.73 Å². The van der Waals surface area contributed by atoms with Crippen LogP contribution in [0.5, 0.6) is 0 Å². The zero-order valence-electron chi connectivity index (χ0n) is 4.48. The Morgan fingerprint density at radius 1 is 1.67 bits per heavy atom. The first-order valence-corrected chi connectivity index (χ1v) is 3.18. The Labute approximate surface area is 64.0 Å². The lowest BCUT2D eigenvalue weighted by atomic mass is 10.2. The van der Waals surface area contributed by atoms with Crippen molar-refractivity contribution in [3.63, 3.8) is 0 Å². The van der Waals surface area contributed by atoms with Crippen LogP contribution in [-0.2, 0) is 4.79 Å². The summed E-state index contributed by atoms with van der Waals surface area (Å²) in [5.74, 6) is -1.59. The van der Waals surface area contributed by atoms with Gasteiger partial charge in [-0.05, 0) is 0 Å². The number of carbonyl (C=O) groups excluding carboxylic acids is 1. The highest BCUT2D eigenvalue weighted by Gasteiger charge is 2.19. The van der Waals surface area contributed by atoms with Gasteiger partial charge >= 0.3 is 0 Å². The molecule has 0 spiro atoms. The van der Waals surface area contributed by atoms with Gasteiger partial charge in [0.05, 0.1) is 10.7 Å². The van der Waals surface area contributed by atoms with E-state index in [9.17, 15) is 4.79 Å². The van der Waals surface area contributed by atoms with Gasteiger partial charge in [0.25, 0.3) is 0 Å². The lowest BCUT2D eigenvalue weighted by Crippen LogP contribution is -2.26. The molecule has 0 fully saturated rings. The van der Waals surface area contributed by atoms with E-state index in [1.54, 1.807) is 6.07 Å². The number of nitrogens with two attached hydrogens (primary N) is 1. The molecule has 3 nitrogen and oxygen atoms in total. The monoisotopic (exact) mass is 162 g/mol. The Kier molecular flexibility index (Phi) is 3.50. The third-order valence-electron chi connectivity index (χ3n) is 0.744. The van der Waals surface area contributed by atoms with Crippen LogP contribution in [0.4, 0.5) is 0 Å². The quantitative estimate of drug-likeness (QED) is 0.389. The Bertz CT molecular complexity index is 151. The predicted molar refractivity (Wildman–Crippen MR) is 40.1 cm³/mol. The number of carbonyl (C=O) groups is 1. The fourth-order valence-corrected chi connectivity index (χ4v) is 0.704. The maximum absolute atomic E-state index is 10.3. The second-order valence-corrected chi connectivity index (χ2v) is 2.94. The van der Waals surface area contributed by atoms with Crippen LogP contribution in [0.1, 0.15) is 0 Å². The van der Waals surface area contributed by atoms with Crippen molar-refractivity contribution < 1.29 is 4.79 Å². The Morgan fingerprint density at radius 2 is 2.11 bits per heavy atom. The average Bonchev–Trinajstić information content (AvgIpc) is 1.64. The number of amides is 1. The van der Waals surface area contributed by atoms with Gasteiger partial charge in [0.15, 0.2) is 0 Å². The van der Waals surface area contributed by atoms with E-state index >= 15 is 0 Å². The molecule has 0 aromatic rings. The number of thiol groups is 2. The third-order valence-corrected chi connectivity index (χ3v) is 1.34. The fourth-order valence-electron chi connectivity index (χ4n) is 0.277. The Morgan fingerprint density at radius 3 is 2.11 bits per heavy atom. The summed E-state index contributed by atoms with van der Waals surface area (Å²) in [6.45, 7) is 0. The van der Waals surface area contributed by atoms with Crippen molar-refractivity contribution in [3.8, 4) is 6.07 Å². The van der Waals surface area contributed by atoms with Gasteiger partial charge in [-0.2, -0.15) is 30.5 Å². The van der Waals surface area contributed by atoms with Crippen LogP contribution in [0.3, 0.4) is 0 Å². The molecule has 0 heterocycles. The molecule has 0 rings (SSSR count). The number of hydrogen-bond acceptors (Lipinski definition) is 4. The molecule has 0 bridgehead atoms. The van der Waals surface area contributed by atoms with Crippen molar-refractivity contribution in [3.05, 3.63) is 0 Å². The molecule has 0 aliphatic carbocycles. The molecule has 1 atom stereocenters. The SMILES string of the molecule is N#CC(C(N)=O)C(S)S. The van der Waals surface area contributed by atoms with E-state index < -0.39 is 16.4 Å². The summed E-state index contributed by atoms with van der Waals surface area (Å²) >= 11 is 7.51. The van der Waals surface area contributed by atoms with E-state index in [1.165, 1.54) is 0 Å². The normalized spacial score (nSPS) is 12.7. The van der Waals surface area contributed by atoms with Crippen molar-refractivity contribution in [2.75, 3.05) is 0 Å². The molecule has 0 aliphatic heterocycles. The smallest absolute Gasteiger partial charge is 0.236 e. The predicted octanol–water partition coefficient (Wildman–Crippen LogP) is -0.203. The topological polar surface area (TPSA) is 66.9 Å². The zero-order valence-corrected chi connectivity index (χ0v) is 6.27. The van der Waals surface area contributed by atoms with Crippen molar-refractivity contribution in [2.24, 2.45) is 11.7 Å². The summed E-state index contributed by atoms with van der Waals surface area (Å²) in [6, 6.07) is 1.67. The molecule has 2 N–H and O–H groups in total. The van der Waals surface area contributed by atoms with Crippen LogP contribution >= 0.6 is 25.3 Å². The molecular formula is C4H6N2OS2. The van der Waals surface area contributed by atoms with Crippen molar-refractivity contribution in [2.45, 2.75) is 4.58 Å². The van der Waals surface area contributed by atoms with E-state index in [-0.39, 0.29) is 0 Å². The highest BCUT2D eigenvalue weighted by atomic mass is 32.2. The van der Waals surface area contributed by atoms with Crippen LogP contribution in [0.15, 0.2) is 0 Å². The summed E-state index contributed by atoms with van der Waals surface area (Å²) < 4.78 is -0.590. The van der Waals surface area contributed by atoms with E-state index in [0.29, 0.717) is 0 Å². The minimum Gasteiger partial charge on any atom is -0.368 e. The average molecular weight is 162 g/mol. The van der Waals surface area contributed by atoms with Gasteiger partial charge in [-0.1, -0.05) is 0 Å². The fraction of sp³-hybridized carbons (Fsp3) is 0.500. The molecule has 1 unspecified atom stereocenters. The third kappa shape index (κ3) is 2.63. The molecule has 5 heteroatoms. The first-order chi connectivity index (χ1) is 4.09. The molecule has 50 valence electrons. The van der Waals surface area contributed by atoms with Gasteiger partial charge in [0.2, 0.25) is 5.91 Å². The largest absolute Gasteiger partial charge is 0.368 e. The highest BCUT2D eigenvalue weighted by Crippen LogP contribution is 2.11. The lowest BCUT2D eigenvalue weighted by Gasteiger charge is -2.04. The van der Waals surface area contributed by atoms with E-state index in [4.69, 9.17) is 11.0 Å².